The summed E-state index contributed by atoms with van der Waals surface area (Å²) in [7, 11) is 2.02. The Hall–Kier alpha value is -1.59. The molecule has 5 nitrogen and oxygen atoms in total. The van der Waals surface area contributed by atoms with E-state index in [2.05, 4.69) is 39.4 Å². The van der Waals surface area contributed by atoms with Gasteiger partial charge in [0.1, 0.15) is 0 Å². The number of carbonyl (C=O) groups is 1. The van der Waals surface area contributed by atoms with Crippen LogP contribution in [0.2, 0.25) is 0 Å². The Morgan fingerprint density at radius 3 is 2.68 bits per heavy atom. The van der Waals surface area contributed by atoms with E-state index < -0.39 is 0 Å². The molecule has 0 atom stereocenters. The Bertz CT molecular complexity index is 552. The maximum atomic E-state index is 12.3. The molecule has 5 heteroatoms. The highest BCUT2D eigenvalue weighted by molar-refractivity contribution is 5.78. The van der Waals surface area contributed by atoms with E-state index >= 15 is 0 Å². The average molecular weight is 345 g/mol. The quantitative estimate of drug-likeness (QED) is 0.860. The first-order valence-electron chi connectivity index (χ1n) is 9.61. The molecule has 1 aliphatic carbocycles. The maximum absolute atomic E-state index is 12.3. The van der Waals surface area contributed by atoms with E-state index in [9.17, 15) is 4.79 Å². The van der Waals surface area contributed by atoms with E-state index in [-0.39, 0.29) is 5.91 Å². The second-order valence-corrected chi connectivity index (χ2v) is 7.30. The van der Waals surface area contributed by atoms with Crippen LogP contribution in [0.1, 0.15) is 37.7 Å². The van der Waals surface area contributed by atoms with Gasteiger partial charge in [-0.05, 0) is 31.5 Å². The third-order valence-electron chi connectivity index (χ3n) is 5.17. The van der Waals surface area contributed by atoms with Crippen molar-refractivity contribution in [2.24, 2.45) is 0 Å². The van der Waals surface area contributed by atoms with E-state index in [1.807, 2.05) is 7.05 Å². The molecular formula is C20H31N3O2. The molecule has 0 bridgehead atoms. The van der Waals surface area contributed by atoms with E-state index in [4.69, 9.17) is 4.74 Å². The molecule has 1 amide bonds. The number of rotatable bonds is 6. The van der Waals surface area contributed by atoms with Gasteiger partial charge in [-0.1, -0.05) is 37.5 Å². The number of morpholine rings is 1. The van der Waals surface area contributed by atoms with E-state index in [0.717, 1.165) is 45.7 Å². The molecule has 1 N–H and O–H groups in total. The Morgan fingerprint density at radius 2 is 1.92 bits per heavy atom. The van der Waals surface area contributed by atoms with Crippen LogP contribution in [-0.2, 0) is 16.1 Å². The fraction of sp³-hybridized carbons (Fsp3) is 0.650. The van der Waals surface area contributed by atoms with Gasteiger partial charge in [-0.3, -0.25) is 9.69 Å². The highest BCUT2D eigenvalue weighted by Crippen LogP contribution is 2.22. The van der Waals surface area contributed by atoms with Crippen molar-refractivity contribution in [3.8, 4) is 0 Å². The Morgan fingerprint density at radius 1 is 1.20 bits per heavy atom. The standard InChI is InChI=1S/C20H31N3O2/c1-22(16-20(24)21-18-8-3-2-4-9-18)15-17-7-5-6-10-19(17)23-11-13-25-14-12-23/h5-7,10,18H,2-4,8-9,11-16H2,1H3,(H,21,24). The Kier molecular flexibility index (Phi) is 6.70. The van der Waals surface area contributed by atoms with Gasteiger partial charge in [0.05, 0.1) is 19.8 Å². The molecule has 1 saturated heterocycles. The first-order chi connectivity index (χ1) is 12.2. The number of nitrogens with zero attached hydrogens (tertiary/aromatic N) is 2. The number of nitrogens with one attached hydrogen (secondary N) is 1. The number of benzene rings is 1. The molecule has 1 aliphatic heterocycles. The van der Waals surface area contributed by atoms with Gasteiger partial charge in [-0.25, -0.2) is 0 Å². The maximum Gasteiger partial charge on any atom is 0.234 e. The molecule has 2 aliphatic rings. The van der Waals surface area contributed by atoms with Crippen LogP contribution in [0.25, 0.3) is 0 Å². The molecule has 1 heterocycles. The van der Waals surface area contributed by atoms with Gasteiger partial charge in [-0.15, -0.1) is 0 Å². The number of hydrogen-bond acceptors (Lipinski definition) is 4. The van der Waals surface area contributed by atoms with Crippen LogP contribution in [0, 0.1) is 0 Å². The zero-order chi connectivity index (χ0) is 17.5. The lowest BCUT2D eigenvalue weighted by Gasteiger charge is -2.31. The summed E-state index contributed by atoms with van der Waals surface area (Å²) < 4.78 is 5.46. The summed E-state index contributed by atoms with van der Waals surface area (Å²) in [6.07, 6.45) is 6.07. The minimum Gasteiger partial charge on any atom is -0.378 e. The number of anilines is 1. The normalized spacial score (nSPS) is 19.2. The van der Waals surface area contributed by atoms with Crippen LogP contribution in [-0.4, -0.2) is 56.7 Å². The fourth-order valence-corrected chi connectivity index (χ4v) is 3.87. The van der Waals surface area contributed by atoms with Crippen LogP contribution in [0.15, 0.2) is 24.3 Å². The van der Waals surface area contributed by atoms with Gasteiger partial charge >= 0.3 is 0 Å². The van der Waals surface area contributed by atoms with Crippen molar-refractivity contribution < 1.29 is 9.53 Å². The number of likely N-dealkylation sites (N-methyl/N-ethyl adjacent to an activating group) is 1. The molecule has 138 valence electrons. The largest absolute Gasteiger partial charge is 0.378 e. The number of carbonyl (C=O) groups excluding carboxylic acids is 1. The van der Waals surface area contributed by atoms with Crippen molar-refractivity contribution in [2.45, 2.75) is 44.7 Å². The average Bonchev–Trinajstić information content (AvgIpc) is 2.63. The molecule has 1 aromatic carbocycles. The molecule has 2 fully saturated rings. The third kappa shape index (κ3) is 5.44. The highest BCUT2D eigenvalue weighted by Gasteiger charge is 2.18. The third-order valence-corrected chi connectivity index (χ3v) is 5.17. The highest BCUT2D eigenvalue weighted by atomic mass is 16.5. The Labute approximate surface area is 151 Å². The second kappa shape index (κ2) is 9.20. The molecule has 25 heavy (non-hydrogen) atoms. The van der Waals surface area contributed by atoms with Gasteiger partial charge in [0.2, 0.25) is 5.91 Å². The SMILES string of the molecule is CN(CC(=O)NC1CCCCC1)Cc1ccccc1N1CCOCC1. The predicted molar refractivity (Wildman–Crippen MR) is 101 cm³/mol. The lowest BCUT2D eigenvalue weighted by Crippen LogP contribution is -2.42. The molecule has 1 saturated carbocycles. The van der Waals surface area contributed by atoms with Crippen molar-refractivity contribution in [2.75, 3.05) is 44.8 Å². The van der Waals surface area contributed by atoms with Gasteiger partial charge in [-0.2, -0.15) is 0 Å². The van der Waals surface area contributed by atoms with Crippen molar-refractivity contribution >= 4 is 11.6 Å². The van der Waals surface area contributed by atoms with Crippen molar-refractivity contribution in [3.63, 3.8) is 0 Å². The van der Waals surface area contributed by atoms with E-state index in [1.165, 1.54) is 30.5 Å². The number of hydrogen-bond donors (Lipinski definition) is 1. The first-order valence-corrected chi connectivity index (χ1v) is 9.61. The molecule has 0 unspecified atom stereocenters. The zero-order valence-electron chi connectivity index (χ0n) is 15.4. The van der Waals surface area contributed by atoms with E-state index in [0.29, 0.717) is 12.6 Å². The van der Waals surface area contributed by atoms with Gasteiger partial charge in [0.15, 0.2) is 0 Å². The molecule has 1 aromatic rings. The summed E-state index contributed by atoms with van der Waals surface area (Å²) in [5.41, 5.74) is 2.54. The lowest BCUT2D eigenvalue weighted by molar-refractivity contribution is -0.123. The topological polar surface area (TPSA) is 44.8 Å². The number of amides is 1. The van der Waals surface area contributed by atoms with Gasteiger partial charge < -0.3 is 15.0 Å². The summed E-state index contributed by atoms with van der Waals surface area (Å²) in [6.45, 7) is 4.67. The minimum atomic E-state index is 0.151. The molecule has 0 aromatic heterocycles. The minimum absolute atomic E-state index is 0.151. The second-order valence-electron chi connectivity index (χ2n) is 7.30. The van der Waals surface area contributed by atoms with Crippen LogP contribution in [0.4, 0.5) is 5.69 Å². The van der Waals surface area contributed by atoms with Crippen molar-refractivity contribution in [3.05, 3.63) is 29.8 Å². The van der Waals surface area contributed by atoms with Crippen LogP contribution >= 0.6 is 0 Å². The van der Waals surface area contributed by atoms with Crippen LogP contribution in [0.3, 0.4) is 0 Å². The van der Waals surface area contributed by atoms with E-state index in [1.54, 1.807) is 0 Å². The molecular weight excluding hydrogens is 314 g/mol. The summed E-state index contributed by atoms with van der Waals surface area (Å²) in [5.74, 6) is 0.151. The zero-order valence-corrected chi connectivity index (χ0v) is 15.4. The summed E-state index contributed by atoms with van der Waals surface area (Å²) >= 11 is 0. The smallest absolute Gasteiger partial charge is 0.234 e. The number of ether oxygens (including phenoxy) is 1. The first kappa shape index (κ1) is 18.2. The fourth-order valence-electron chi connectivity index (χ4n) is 3.87. The van der Waals surface area contributed by atoms with Gasteiger partial charge in [0.25, 0.3) is 0 Å². The molecule has 0 radical (unpaired) electrons. The predicted octanol–water partition coefficient (Wildman–Crippen LogP) is 2.40. The summed E-state index contributed by atoms with van der Waals surface area (Å²) in [6, 6.07) is 8.89. The molecule has 3 rings (SSSR count). The van der Waals surface area contributed by atoms with Crippen LogP contribution < -0.4 is 10.2 Å². The monoisotopic (exact) mass is 345 g/mol. The van der Waals surface area contributed by atoms with Crippen LogP contribution in [0.5, 0.6) is 0 Å². The summed E-state index contributed by atoms with van der Waals surface area (Å²) in [5, 5.41) is 3.21. The number of para-hydroxylation sites is 1. The Balaban J connectivity index is 1.53. The van der Waals surface area contributed by atoms with Gasteiger partial charge in [0, 0.05) is 31.4 Å². The van der Waals surface area contributed by atoms with Crippen molar-refractivity contribution in [1.29, 1.82) is 0 Å². The molecule has 0 spiro atoms. The van der Waals surface area contributed by atoms with Crippen molar-refractivity contribution in [1.82, 2.24) is 10.2 Å². The lowest BCUT2D eigenvalue weighted by atomic mass is 9.95. The summed E-state index contributed by atoms with van der Waals surface area (Å²) in [4.78, 5) is 16.8.